The van der Waals surface area contributed by atoms with Crippen molar-refractivity contribution in [3.05, 3.63) is 71.8 Å². The van der Waals surface area contributed by atoms with Crippen LogP contribution in [0.5, 0.6) is 5.75 Å². The summed E-state index contributed by atoms with van der Waals surface area (Å²) in [6.07, 6.45) is 0. The molecule has 2 aromatic rings. The third kappa shape index (κ3) is 3.74. The number of ether oxygens (including phenoxy) is 1. The van der Waals surface area contributed by atoms with E-state index in [1.807, 2.05) is 24.3 Å². The number of para-hydroxylation sites is 1. The van der Waals surface area contributed by atoms with Gasteiger partial charge in [-0.3, -0.25) is 4.79 Å². The second-order valence-electron chi connectivity index (χ2n) is 4.80. The van der Waals surface area contributed by atoms with Gasteiger partial charge in [0.2, 0.25) is 0 Å². The van der Waals surface area contributed by atoms with Crippen LogP contribution in [0.15, 0.2) is 55.1 Å². The largest absolute Gasteiger partial charge is 0.496 e. The summed E-state index contributed by atoms with van der Waals surface area (Å²) in [4.78, 5) is 11.4. The number of methoxy groups -OCH3 is 1. The SMILES string of the molecule is C=C(NCc1ccccc1OC)c1ccc(C(=O)CO)cc1. The van der Waals surface area contributed by atoms with Crippen molar-refractivity contribution in [3.8, 4) is 5.75 Å². The van der Waals surface area contributed by atoms with Crippen molar-refractivity contribution in [1.29, 1.82) is 0 Å². The van der Waals surface area contributed by atoms with Gasteiger partial charge < -0.3 is 15.2 Å². The number of carbonyl (C=O) groups is 1. The second kappa shape index (κ2) is 7.43. The molecule has 0 fully saturated rings. The molecule has 0 atom stereocenters. The highest BCUT2D eigenvalue weighted by atomic mass is 16.5. The van der Waals surface area contributed by atoms with Crippen molar-refractivity contribution < 1.29 is 14.6 Å². The first-order valence-corrected chi connectivity index (χ1v) is 6.95. The molecule has 2 rings (SSSR count). The summed E-state index contributed by atoms with van der Waals surface area (Å²) in [5.74, 6) is 0.533. The van der Waals surface area contributed by atoms with Gasteiger partial charge in [-0.25, -0.2) is 0 Å². The standard InChI is InChI=1S/C18H19NO3/c1-13(14-7-9-15(10-8-14)17(21)12-20)19-11-16-5-3-4-6-18(16)22-2/h3-10,19-20H,1,11-12H2,2H3. The summed E-state index contributed by atoms with van der Waals surface area (Å²) in [6, 6.07) is 14.8. The lowest BCUT2D eigenvalue weighted by Crippen LogP contribution is -2.12. The van der Waals surface area contributed by atoms with Crippen LogP contribution in [-0.2, 0) is 6.54 Å². The molecule has 0 aromatic heterocycles. The maximum atomic E-state index is 11.4. The lowest BCUT2D eigenvalue weighted by molar-refractivity contribution is 0.0904. The van der Waals surface area contributed by atoms with Crippen LogP contribution in [0.3, 0.4) is 0 Å². The smallest absolute Gasteiger partial charge is 0.188 e. The summed E-state index contributed by atoms with van der Waals surface area (Å²) < 4.78 is 5.31. The predicted molar refractivity (Wildman–Crippen MR) is 86.7 cm³/mol. The number of nitrogens with one attached hydrogen (secondary N) is 1. The molecule has 0 aliphatic heterocycles. The molecule has 4 nitrogen and oxygen atoms in total. The Labute approximate surface area is 130 Å². The molecule has 0 saturated carbocycles. The van der Waals surface area contributed by atoms with Gasteiger partial charge in [0.1, 0.15) is 12.4 Å². The normalized spacial score (nSPS) is 10.1. The monoisotopic (exact) mass is 297 g/mol. The number of hydrogen-bond donors (Lipinski definition) is 2. The van der Waals surface area contributed by atoms with Gasteiger partial charge in [0.05, 0.1) is 7.11 Å². The zero-order chi connectivity index (χ0) is 15.9. The molecule has 0 unspecified atom stereocenters. The number of aliphatic hydroxyl groups is 1. The zero-order valence-electron chi connectivity index (χ0n) is 12.5. The maximum Gasteiger partial charge on any atom is 0.188 e. The Balaban J connectivity index is 2.02. The van der Waals surface area contributed by atoms with E-state index in [1.54, 1.807) is 31.4 Å². The van der Waals surface area contributed by atoms with Crippen molar-refractivity contribution in [2.24, 2.45) is 0 Å². The van der Waals surface area contributed by atoms with E-state index in [0.29, 0.717) is 12.1 Å². The van der Waals surface area contributed by atoms with Crippen molar-refractivity contribution in [1.82, 2.24) is 5.32 Å². The molecule has 0 spiro atoms. The number of benzene rings is 2. The van der Waals surface area contributed by atoms with Crippen LogP contribution in [0.2, 0.25) is 0 Å². The van der Waals surface area contributed by atoms with Crippen LogP contribution in [0.25, 0.3) is 5.70 Å². The Kier molecular flexibility index (Phi) is 5.33. The molecule has 0 radical (unpaired) electrons. The molecule has 0 amide bonds. The fourth-order valence-corrected chi connectivity index (χ4v) is 2.10. The van der Waals surface area contributed by atoms with Crippen LogP contribution in [0.1, 0.15) is 21.5 Å². The first kappa shape index (κ1) is 15.8. The van der Waals surface area contributed by atoms with Crippen LogP contribution in [-0.4, -0.2) is 24.6 Å². The molecular formula is C18H19NO3. The molecule has 0 aliphatic carbocycles. The van der Waals surface area contributed by atoms with Crippen molar-refractivity contribution in [2.45, 2.75) is 6.54 Å². The molecule has 4 heteroatoms. The van der Waals surface area contributed by atoms with Crippen LogP contribution >= 0.6 is 0 Å². The van der Waals surface area contributed by atoms with Crippen molar-refractivity contribution >= 4 is 11.5 Å². The van der Waals surface area contributed by atoms with Gasteiger partial charge in [-0.15, -0.1) is 0 Å². The molecule has 0 heterocycles. The van der Waals surface area contributed by atoms with E-state index in [0.717, 1.165) is 22.6 Å². The predicted octanol–water partition coefficient (Wildman–Crippen LogP) is 2.63. The lowest BCUT2D eigenvalue weighted by atomic mass is 10.1. The summed E-state index contributed by atoms with van der Waals surface area (Å²) in [6.45, 7) is 4.12. The summed E-state index contributed by atoms with van der Waals surface area (Å²) in [5, 5.41) is 12.1. The van der Waals surface area contributed by atoms with E-state index in [-0.39, 0.29) is 5.78 Å². The molecule has 2 aromatic carbocycles. The van der Waals surface area contributed by atoms with E-state index in [4.69, 9.17) is 9.84 Å². The van der Waals surface area contributed by atoms with Gasteiger partial charge in [-0.2, -0.15) is 0 Å². The fourth-order valence-electron chi connectivity index (χ4n) is 2.10. The van der Waals surface area contributed by atoms with E-state index in [9.17, 15) is 4.79 Å². The van der Waals surface area contributed by atoms with E-state index in [1.165, 1.54) is 0 Å². The minimum atomic E-state index is -0.480. The molecule has 0 bridgehead atoms. The van der Waals surface area contributed by atoms with Crippen LogP contribution in [0, 0.1) is 0 Å². The average molecular weight is 297 g/mol. The Morgan fingerprint density at radius 3 is 2.41 bits per heavy atom. The molecule has 22 heavy (non-hydrogen) atoms. The van der Waals surface area contributed by atoms with Gasteiger partial charge in [0.15, 0.2) is 5.78 Å². The highest BCUT2D eigenvalue weighted by Gasteiger charge is 2.06. The first-order chi connectivity index (χ1) is 10.7. The van der Waals surface area contributed by atoms with E-state index < -0.39 is 6.61 Å². The van der Waals surface area contributed by atoms with Gasteiger partial charge in [0.25, 0.3) is 0 Å². The first-order valence-electron chi connectivity index (χ1n) is 6.95. The maximum absolute atomic E-state index is 11.4. The quantitative estimate of drug-likeness (QED) is 0.771. The summed E-state index contributed by atoms with van der Waals surface area (Å²) in [5.41, 5.74) is 3.18. The third-order valence-electron chi connectivity index (χ3n) is 3.38. The molecule has 0 aliphatic rings. The molecular weight excluding hydrogens is 278 g/mol. The van der Waals surface area contributed by atoms with Crippen molar-refractivity contribution in [2.75, 3.05) is 13.7 Å². The number of aliphatic hydroxyl groups excluding tert-OH is 1. The average Bonchev–Trinajstić information content (AvgIpc) is 2.59. The van der Waals surface area contributed by atoms with E-state index in [2.05, 4.69) is 11.9 Å². The summed E-state index contributed by atoms with van der Waals surface area (Å²) >= 11 is 0. The number of carbonyl (C=O) groups excluding carboxylic acids is 1. The number of ketones is 1. The van der Waals surface area contributed by atoms with Gasteiger partial charge in [0, 0.05) is 23.4 Å². The van der Waals surface area contributed by atoms with Crippen LogP contribution in [0.4, 0.5) is 0 Å². The molecule has 2 N–H and O–H groups in total. The third-order valence-corrected chi connectivity index (χ3v) is 3.38. The summed E-state index contributed by atoms with van der Waals surface area (Å²) in [7, 11) is 1.64. The van der Waals surface area contributed by atoms with Crippen molar-refractivity contribution in [3.63, 3.8) is 0 Å². The Hall–Kier alpha value is -2.59. The minimum Gasteiger partial charge on any atom is -0.496 e. The van der Waals surface area contributed by atoms with E-state index >= 15 is 0 Å². The second-order valence-corrected chi connectivity index (χ2v) is 4.80. The highest BCUT2D eigenvalue weighted by Crippen LogP contribution is 2.18. The highest BCUT2D eigenvalue weighted by molar-refractivity contribution is 5.97. The number of Topliss-reactive ketones (excluding diaryl/α,β-unsaturated/α-hetero) is 1. The topological polar surface area (TPSA) is 58.6 Å². The number of hydrogen-bond acceptors (Lipinski definition) is 4. The fraction of sp³-hybridized carbons (Fsp3) is 0.167. The van der Waals surface area contributed by atoms with Gasteiger partial charge in [-0.1, -0.05) is 49.0 Å². The van der Waals surface area contributed by atoms with Gasteiger partial charge >= 0.3 is 0 Å². The Morgan fingerprint density at radius 1 is 1.14 bits per heavy atom. The minimum absolute atomic E-state index is 0.292. The zero-order valence-corrected chi connectivity index (χ0v) is 12.5. The van der Waals surface area contributed by atoms with Crippen LogP contribution < -0.4 is 10.1 Å². The molecule has 114 valence electrons. The number of rotatable bonds is 7. The Bertz CT molecular complexity index is 662. The lowest BCUT2D eigenvalue weighted by Gasteiger charge is -2.12. The Morgan fingerprint density at radius 2 is 1.77 bits per heavy atom. The molecule has 0 saturated heterocycles. The van der Waals surface area contributed by atoms with Gasteiger partial charge in [-0.05, 0) is 11.6 Å².